The Morgan fingerprint density at radius 1 is 0.931 bits per heavy atom. The van der Waals surface area contributed by atoms with Gasteiger partial charge in [-0.25, -0.2) is 0 Å². The Hall–Kier alpha value is -1.89. The summed E-state index contributed by atoms with van der Waals surface area (Å²) in [5, 5.41) is 23.6. The number of hydrogen-bond donors (Lipinski definition) is 2. The summed E-state index contributed by atoms with van der Waals surface area (Å²) in [5.74, 6) is 0. The summed E-state index contributed by atoms with van der Waals surface area (Å²) in [6.07, 6.45) is -2.97. The van der Waals surface area contributed by atoms with E-state index in [2.05, 4.69) is 24.3 Å². The molecule has 152 valence electrons. The third-order valence-electron chi connectivity index (χ3n) is 5.31. The average Bonchev–Trinajstić information content (AvgIpc) is 2.73. The van der Waals surface area contributed by atoms with Gasteiger partial charge in [-0.15, -0.1) is 0 Å². The van der Waals surface area contributed by atoms with Crippen molar-refractivity contribution >= 4 is 22.5 Å². The van der Waals surface area contributed by atoms with Crippen LogP contribution in [0.15, 0.2) is 71.6 Å². The van der Waals surface area contributed by atoms with Crippen molar-refractivity contribution in [3.05, 3.63) is 77.9 Å². The first-order valence-electron chi connectivity index (χ1n) is 9.85. The molecule has 0 unspecified atom stereocenters. The predicted molar refractivity (Wildman–Crippen MR) is 116 cm³/mol. The monoisotopic (exact) mass is 410 g/mol. The van der Waals surface area contributed by atoms with Gasteiger partial charge in [-0.1, -0.05) is 65.9 Å². The van der Waals surface area contributed by atoms with Crippen LogP contribution in [-0.4, -0.2) is 40.1 Å². The molecule has 0 spiro atoms. The van der Waals surface area contributed by atoms with Crippen LogP contribution in [0.25, 0.3) is 10.8 Å². The van der Waals surface area contributed by atoms with Crippen LogP contribution < -0.4 is 0 Å². The van der Waals surface area contributed by atoms with Gasteiger partial charge >= 0.3 is 0 Å². The molecular weight excluding hydrogens is 384 g/mol. The van der Waals surface area contributed by atoms with Crippen LogP contribution >= 0.6 is 11.8 Å². The molecule has 0 amide bonds. The van der Waals surface area contributed by atoms with E-state index >= 15 is 0 Å². The number of ether oxygens (including phenoxy) is 2. The van der Waals surface area contributed by atoms with Gasteiger partial charge in [-0.2, -0.15) is 0 Å². The van der Waals surface area contributed by atoms with Crippen molar-refractivity contribution in [1.82, 2.24) is 0 Å². The fraction of sp³-hybridized carbons (Fsp3) is 0.333. The number of aliphatic hydroxyl groups excluding tert-OH is 2. The van der Waals surface area contributed by atoms with E-state index < -0.39 is 23.7 Å². The lowest BCUT2D eigenvalue weighted by molar-refractivity contribution is -0.212. The van der Waals surface area contributed by atoms with Crippen molar-refractivity contribution in [3.63, 3.8) is 0 Å². The van der Waals surface area contributed by atoms with Gasteiger partial charge in [0, 0.05) is 4.90 Å². The minimum atomic E-state index is -1.03. The van der Waals surface area contributed by atoms with E-state index in [1.807, 2.05) is 56.3 Å². The number of rotatable bonds is 5. The minimum absolute atomic E-state index is 0.336. The van der Waals surface area contributed by atoms with Gasteiger partial charge in [-0.05, 0) is 48.4 Å². The molecule has 4 nitrogen and oxygen atoms in total. The largest absolute Gasteiger partial charge is 0.387 e. The van der Waals surface area contributed by atoms with Crippen molar-refractivity contribution in [2.24, 2.45) is 0 Å². The maximum Gasteiger partial charge on any atom is 0.136 e. The lowest BCUT2D eigenvalue weighted by Crippen LogP contribution is -2.56. The number of aryl methyl sites for hydroxylation is 1. The summed E-state index contributed by atoms with van der Waals surface area (Å²) in [6.45, 7) is 4.26. The smallest absolute Gasteiger partial charge is 0.136 e. The lowest BCUT2D eigenvalue weighted by atomic mass is 10.0. The number of fused-ring (bicyclic) bond motifs is 1. The molecule has 0 saturated carbocycles. The summed E-state index contributed by atoms with van der Waals surface area (Å²) in [4.78, 5) is 0.995. The molecule has 1 saturated heterocycles. The number of thioether (sulfide) groups is 1. The fourth-order valence-electron chi connectivity index (χ4n) is 3.61. The van der Waals surface area contributed by atoms with E-state index in [1.54, 1.807) is 0 Å². The first-order chi connectivity index (χ1) is 14.0. The third-order valence-corrected chi connectivity index (χ3v) is 6.47. The zero-order valence-electron chi connectivity index (χ0n) is 16.6. The maximum absolute atomic E-state index is 10.7. The second kappa shape index (κ2) is 8.86. The van der Waals surface area contributed by atoms with E-state index in [1.165, 1.54) is 22.7 Å². The van der Waals surface area contributed by atoms with Crippen LogP contribution in [-0.2, 0) is 16.1 Å². The zero-order valence-corrected chi connectivity index (χ0v) is 17.4. The molecule has 0 aromatic heterocycles. The lowest BCUT2D eigenvalue weighted by Gasteiger charge is -2.41. The van der Waals surface area contributed by atoms with Crippen molar-refractivity contribution in [2.75, 3.05) is 0 Å². The Kier molecular flexibility index (Phi) is 6.23. The highest BCUT2D eigenvalue weighted by atomic mass is 32.2. The molecular formula is C24H26O4S. The summed E-state index contributed by atoms with van der Waals surface area (Å²) >= 11 is 1.42. The van der Waals surface area contributed by atoms with Gasteiger partial charge in [0.05, 0.1) is 12.7 Å². The van der Waals surface area contributed by atoms with Gasteiger partial charge in [-0.3, -0.25) is 0 Å². The number of benzene rings is 3. The predicted octanol–water partition coefficient (Wildman–Crippen LogP) is 4.29. The fourth-order valence-corrected chi connectivity index (χ4v) is 4.70. The van der Waals surface area contributed by atoms with E-state index in [-0.39, 0.29) is 6.10 Å². The topological polar surface area (TPSA) is 58.9 Å². The van der Waals surface area contributed by atoms with Crippen molar-refractivity contribution < 1.29 is 19.7 Å². The highest BCUT2D eigenvalue weighted by molar-refractivity contribution is 7.99. The summed E-state index contributed by atoms with van der Waals surface area (Å²) in [6, 6.07) is 22.4. The van der Waals surface area contributed by atoms with Gasteiger partial charge in [0.15, 0.2) is 0 Å². The van der Waals surface area contributed by atoms with Crippen LogP contribution in [0.5, 0.6) is 0 Å². The standard InChI is InChI=1S/C24H26O4S/c1-15-7-11-20(12-8-15)29-24-22(26)21(25)23(16(2)28-24)27-14-17-9-10-18-5-3-4-6-19(18)13-17/h3-13,16,21-26H,14H2,1-2H3/t16-,21-,22+,23-,24-/m0/s1. The Morgan fingerprint density at radius 2 is 1.66 bits per heavy atom. The molecule has 1 heterocycles. The highest BCUT2D eigenvalue weighted by Crippen LogP contribution is 2.34. The van der Waals surface area contributed by atoms with Crippen molar-refractivity contribution in [3.8, 4) is 0 Å². The molecule has 1 aliphatic heterocycles. The Balaban J connectivity index is 1.40. The average molecular weight is 411 g/mol. The van der Waals surface area contributed by atoms with Crippen LogP contribution in [0.4, 0.5) is 0 Å². The Morgan fingerprint density at radius 3 is 2.41 bits per heavy atom. The zero-order chi connectivity index (χ0) is 20.4. The number of aliphatic hydroxyl groups is 2. The van der Waals surface area contributed by atoms with E-state index in [0.29, 0.717) is 6.61 Å². The second-order valence-electron chi connectivity index (χ2n) is 7.58. The SMILES string of the molecule is Cc1ccc(S[C@@H]2O[C@@H](C)[C@H](OCc3ccc4ccccc4c3)[C@@H](O)[C@H]2O)cc1. The van der Waals surface area contributed by atoms with Crippen molar-refractivity contribution in [2.45, 2.75) is 55.2 Å². The molecule has 5 atom stereocenters. The van der Waals surface area contributed by atoms with Crippen LogP contribution in [0, 0.1) is 6.92 Å². The molecule has 1 fully saturated rings. The van der Waals surface area contributed by atoms with Gasteiger partial charge in [0.1, 0.15) is 23.7 Å². The molecule has 2 N–H and O–H groups in total. The van der Waals surface area contributed by atoms with E-state index in [4.69, 9.17) is 9.47 Å². The van der Waals surface area contributed by atoms with Crippen LogP contribution in [0.1, 0.15) is 18.1 Å². The molecule has 29 heavy (non-hydrogen) atoms. The molecule has 0 aliphatic carbocycles. The quantitative estimate of drug-likeness (QED) is 0.657. The molecule has 3 aromatic rings. The Bertz CT molecular complexity index is 959. The molecule has 0 radical (unpaired) electrons. The molecule has 1 aliphatic rings. The van der Waals surface area contributed by atoms with Crippen molar-refractivity contribution in [1.29, 1.82) is 0 Å². The maximum atomic E-state index is 10.7. The van der Waals surface area contributed by atoms with Gasteiger partial charge in [0.2, 0.25) is 0 Å². The first kappa shape index (κ1) is 20.4. The normalized spacial score (nSPS) is 27.2. The molecule has 3 aromatic carbocycles. The third kappa shape index (κ3) is 4.65. The second-order valence-corrected chi connectivity index (χ2v) is 8.75. The molecule has 5 heteroatoms. The summed E-state index contributed by atoms with van der Waals surface area (Å²) < 4.78 is 12.0. The van der Waals surface area contributed by atoms with Crippen LogP contribution in [0.2, 0.25) is 0 Å². The first-order valence-corrected chi connectivity index (χ1v) is 10.7. The van der Waals surface area contributed by atoms with Crippen LogP contribution in [0.3, 0.4) is 0 Å². The van der Waals surface area contributed by atoms with Gasteiger partial charge < -0.3 is 19.7 Å². The van der Waals surface area contributed by atoms with E-state index in [0.717, 1.165) is 15.8 Å². The van der Waals surface area contributed by atoms with E-state index in [9.17, 15) is 10.2 Å². The Labute approximate surface area is 175 Å². The summed E-state index contributed by atoms with van der Waals surface area (Å²) in [7, 11) is 0. The molecule has 0 bridgehead atoms. The van der Waals surface area contributed by atoms with Gasteiger partial charge in [0.25, 0.3) is 0 Å². The molecule has 4 rings (SSSR count). The summed E-state index contributed by atoms with van der Waals surface area (Å²) in [5.41, 5.74) is 1.66. The number of hydrogen-bond acceptors (Lipinski definition) is 5. The minimum Gasteiger partial charge on any atom is -0.387 e. The highest BCUT2D eigenvalue weighted by Gasteiger charge is 2.43.